The van der Waals surface area contributed by atoms with Crippen LogP contribution in [0.2, 0.25) is 0 Å². The first kappa shape index (κ1) is 20.3. The molecule has 144 valence electrons. The predicted molar refractivity (Wildman–Crippen MR) is 94.6 cm³/mol. The molecule has 0 fully saturated rings. The van der Waals surface area contributed by atoms with E-state index in [0.717, 1.165) is 16.9 Å². The first-order chi connectivity index (χ1) is 12.4. The van der Waals surface area contributed by atoms with E-state index in [9.17, 15) is 29.3 Å². The molecule has 0 spiro atoms. The summed E-state index contributed by atoms with van der Waals surface area (Å²) >= 11 is 0. The van der Waals surface area contributed by atoms with Crippen LogP contribution in [0, 0.1) is 22.9 Å². The van der Waals surface area contributed by atoms with Crippen molar-refractivity contribution in [3.8, 4) is 5.69 Å². The third-order valence-corrected chi connectivity index (χ3v) is 3.35. The highest BCUT2D eigenvalue weighted by molar-refractivity contribution is 6.60. The first-order valence-corrected chi connectivity index (χ1v) is 7.79. The van der Waals surface area contributed by atoms with Crippen molar-refractivity contribution in [2.75, 3.05) is 5.32 Å². The number of amides is 1. The predicted octanol–water partition coefficient (Wildman–Crippen LogP) is 1.25. The zero-order chi connectivity index (χ0) is 20.5. The number of aryl methyl sites for hydroxylation is 1. The molecule has 0 atom stereocenters. The van der Waals surface area contributed by atoms with Crippen LogP contribution < -0.4 is 10.8 Å². The fourth-order valence-corrected chi connectivity index (χ4v) is 2.21. The Morgan fingerprint density at radius 2 is 2.04 bits per heavy atom. The van der Waals surface area contributed by atoms with Crippen LogP contribution in [0.25, 0.3) is 5.69 Å². The van der Waals surface area contributed by atoms with E-state index in [1.54, 1.807) is 27.7 Å². The molecule has 0 unspecified atom stereocenters. The maximum Gasteiger partial charge on any atom is 0.499 e. The minimum Gasteiger partial charge on any atom is -0.444 e. The van der Waals surface area contributed by atoms with Gasteiger partial charge in [0, 0.05) is 5.69 Å². The molecule has 1 heterocycles. The van der Waals surface area contributed by atoms with Gasteiger partial charge in [-0.15, -0.1) is 4.68 Å². The number of rotatable bonds is 4. The third kappa shape index (κ3) is 4.80. The number of carbonyl (C=O) groups excluding carboxylic acids is 1. The van der Waals surface area contributed by atoms with E-state index in [1.165, 1.54) is 6.07 Å². The highest BCUT2D eigenvalue weighted by Gasteiger charge is 2.30. The lowest BCUT2D eigenvalue weighted by Gasteiger charge is -2.20. The zero-order valence-electron chi connectivity index (χ0n) is 15.1. The standard InChI is InChI=1S/C15H18BFN4O6/c1-8-5-10(17)12(6-11(8)18-14(22)27-15(2,3)4)20-7-9(16(23)24)13(19-20)21(25)26/h5-7,23-24H,1-4H3,(H,18,22). The van der Waals surface area contributed by atoms with Crippen LogP contribution in [-0.4, -0.2) is 43.6 Å². The molecule has 1 aromatic carbocycles. The fraction of sp³-hybridized carbons (Fsp3) is 0.333. The Morgan fingerprint density at radius 3 is 2.52 bits per heavy atom. The number of anilines is 1. The van der Waals surface area contributed by atoms with Gasteiger partial charge in [0.1, 0.15) is 16.8 Å². The summed E-state index contributed by atoms with van der Waals surface area (Å²) in [6.07, 6.45) is 0.162. The van der Waals surface area contributed by atoms with Gasteiger partial charge >= 0.3 is 19.0 Å². The summed E-state index contributed by atoms with van der Waals surface area (Å²) in [4.78, 5) is 22.0. The second-order valence-electron chi connectivity index (χ2n) is 6.73. The number of hydrogen-bond acceptors (Lipinski definition) is 7. The van der Waals surface area contributed by atoms with Crippen LogP contribution in [0.15, 0.2) is 18.3 Å². The molecule has 2 rings (SSSR count). The monoisotopic (exact) mass is 380 g/mol. The maximum atomic E-state index is 14.4. The molecule has 3 N–H and O–H groups in total. The summed E-state index contributed by atoms with van der Waals surface area (Å²) in [5.41, 5.74) is -0.894. The number of halogens is 1. The Labute approximate surface area is 153 Å². The fourth-order valence-electron chi connectivity index (χ4n) is 2.21. The highest BCUT2D eigenvalue weighted by atomic mass is 19.1. The summed E-state index contributed by atoms with van der Waals surface area (Å²) in [6, 6.07) is 2.31. The van der Waals surface area contributed by atoms with Crippen molar-refractivity contribution in [3.63, 3.8) is 0 Å². The molecule has 0 aliphatic carbocycles. The number of nitrogens with one attached hydrogen (secondary N) is 1. The van der Waals surface area contributed by atoms with Crippen LogP contribution in [0.1, 0.15) is 26.3 Å². The Balaban J connectivity index is 2.45. The van der Waals surface area contributed by atoms with Crippen LogP contribution in [0.4, 0.5) is 20.7 Å². The molecular weight excluding hydrogens is 362 g/mol. The lowest BCUT2D eigenvalue weighted by atomic mass is 9.82. The van der Waals surface area contributed by atoms with Gasteiger partial charge in [-0.3, -0.25) is 5.32 Å². The molecule has 1 amide bonds. The van der Waals surface area contributed by atoms with E-state index in [4.69, 9.17) is 4.74 Å². The lowest BCUT2D eigenvalue weighted by molar-refractivity contribution is -0.388. The number of ether oxygens (including phenoxy) is 1. The van der Waals surface area contributed by atoms with E-state index >= 15 is 0 Å². The SMILES string of the molecule is Cc1cc(F)c(-n2cc(B(O)O)c([N+](=O)[O-])n2)cc1NC(=O)OC(C)(C)C. The number of benzene rings is 1. The largest absolute Gasteiger partial charge is 0.499 e. The van der Waals surface area contributed by atoms with Gasteiger partial charge in [0.15, 0.2) is 5.82 Å². The van der Waals surface area contributed by atoms with Gasteiger partial charge in [-0.25, -0.2) is 9.18 Å². The molecular formula is C15H18BFN4O6. The lowest BCUT2D eigenvalue weighted by Crippen LogP contribution is -2.30. The Bertz CT molecular complexity index is 893. The number of aromatic nitrogens is 2. The van der Waals surface area contributed by atoms with Crippen molar-refractivity contribution >= 4 is 30.2 Å². The minimum atomic E-state index is -2.16. The van der Waals surface area contributed by atoms with Crippen molar-refractivity contribution in [2.24, 2.45) is 0 Å². The van der Waals surface area contributed by atoms with E-state index < -0.39 is 40.8 Å². The summed E-state index contributed by atoms with van der Waals surface area (Å²) in [5, 5.41) is 35.5. The smallest absolute Gasteiger partial charge is 0.444 e. The highest BCUT2D eigenvalue weighted by Crippen LogP contribution is 2.24. The Hall–Kier alpha value is -2.99. The van der Waals surface area contributed by atoms with E-state index in [1.807, 2.05) is 0 Å². The van der Waals surface area contributed by atoms with Crippen molar-refractivity contribution in [1.82, 2.24) is 9.78 Å². The second-order valence-corrected chi connectivity index (χ2v) is 6.73. The van der Waals surface area contributed by atoms with E-state index in [0.29, 0.717) is 5.56 Å². The van der Waals surface area contributed by atoms with Crippen molar-refractivity contribution in [3.05, 3.63) is 39.8 Å². The van der Waals surface area contributed by atoms with Gasteiger partial charge in [-0.05, 0) is 50.3 Å². The first-order valence-electron chi connectivity index (χ1n) is 7.79. The van der Waals surface area contributed by atoms with E-state index in [-0.39, 0.29) is 11.4 Å². The van der Waals surface area contributed by atoms with Gasteiger partial charge in [-0.2, -0.15) is 0 Å². The molecule has 0 aliphatic heterocycles. The summed E-state index contributed by atoms with van der Waals surface area (Å²) < 4.78 is 20.3. The zero-order valence-corrected chi connectivity index (χ0v) is 15.1. The van der Waals surface area contributed by atoms with Gasteiger partial charge in [0.25, 0.3) is 0 Å². The molecule has 27 heavy (non-hydrogen) atoms. The van der Waals surface area contributed by atoms with Crippen molar-refractivity contribution in [1.29, 1.82) is 0 Å². The molecule has 10 nitrogen and oxygen atoms in total. The van der Waals surface area contributed by atoms with E-state index in [2.05, 4.69) is 10.4 Å². The number of nitrogens with zero attached hydrogens (tertiary/aromatic N) is 3. The van der Waals surface area contributed by atoms with Crippen molar-refractivity contribution in [2.45, 2.75) is 33.3 Å². The van der Waals surface area contributed by atoms with Gasteiger partial charge < -0.3 is 24.9 Å². The Morgan fingerprint density at radius 1 is 1.41 bits per heavy atom. The summed E-state index contributed by atoms with van der Waals surface area (Å²) in [7, 11) is -2.16. The molecule has 0 saturated carbocycles. The molecule has 0 aliphatic rings. The minimum absolute atomic E-state index is 0.199. The number of hydrogen-bond donors (Lipinski definition) is 3. The average Bonchev–Trinajstić information content (AvgIpc) is 2.93. The van der Waals surface area contributed by atoms with Gasteiger partial charge in [0.2, 0.25) is 0 Å². The Kier molecular flexibility index (Phi) is 5.52. The molecule has 2 aromatic rings. The van der Waals surface area contributed by atoms with Crippen molar-refractivity contribution < 1.29 is 28.9 Å². The summed E-state index contributed by atoms with van der Waals surface area (Å²) in [6.45, 7) is 6.59. The molecule has 0 saturated heterocycles. The second kappa shape index (κ2) is 7.33. The normalized spacial score (nSPS) is 11.2. The molecule has 1 aromatic heterocycles. The van der Waals surface area contributed by atoms with Crippen LogP contribution in [0.3, 0.4) is 0 Å². The number of carbonyl (C=O) groups is 1. The maximum absolute atomic E-state index is 14.4. The van der Waals surface area contributed by atoms with Crippen LogP contribution >= 0.6 is 0 Å². The quantitative estimate of drug-likeness (QED) is 0.412. The average molecular weight is 380 g/mol. The molecule has 0 radical (unpaired) electrons. The third-order valence-electron chi connectivity index (χ3n) is 3.35. The van der Waals surface area contributed by atoms with Gasteiger partial charge in [0.05, 0.1) is 11.3 Å². The molecule has 0 bridgehead atoms. The van der Waals surface area contributed by atoms with Crippen LogP contribution in [-0.2, 0) is 4.74 Å². The van der Waals surface area contributed by atoms with Crippen LogP contribution in [0.5, 0.6) is 0 Å². The molecule has 12 heteroatoms. The topological polar surface area (TPSA) is 140 Å². The van der Waals surface area contributed by atoms with Gasteiger partial charge in [-0.1, -0.05) is 0 Å². The number of nitro groups is 1. The summed E-state index contributed by atoms with van der Waals surface area (Å²) in [5.74, 6) is -1.61.